The fourth-order valence-corrected chi connectivity index (χ4v) is 10.4. The van der Waals surface area contributed by atoms with Gasteiger partial charge in [-0.2, -0.15) is 8.42 Å². The van der Waals surface area contributed by atoms with Gasteiger partial charge in [0.25, 0.3) is 18.3 Å². The summed E-state index contributed by atoms with van der Waals surface area (Å²) >= 11 is 2.64. The highest BCUT2D eigenvalue weighted by atomic mass is 32.2. The van der Waals surface area contributed by atoms with Gasteiger partial charge in [0.15, 0.2) is 0 Å². The molecule has 0 unspecified atom stereocenters. The van der Waals surface area contributed by atoms with E-state index in [1.807, 2.05) is 85.3 Å². The Bertz CT molecular complexity index is 1170. The summed E-state index contributed by atoms with van der Waals surface area (Å²) in [7, 11) is -6.80. The molecule has 0 radical (unpaired) electrons. The number of nitrogens with zero attached hydrogens (tertiary/aromatic N) is 1. The van der Waals surface area contributed by atoms with Crippen molar-refractivity contribution in [3.05, 3.63) is 90.5 Å². The number of thioether (sulfide) groups is 2. The minimum Gasteiger partial charge on any atom is -0.424 e. The van der Waals surface area contributed by atoms with Crippen LogP contribution < -0.4 is 10.4 Å². The van der Waals surface area contributed by atoms with Gasteiger partial charge in [-0.05, 0) is 58.5 Å². The van der Waals surface area contributed by atoms with Crippen molar-refractivity contribution in [3.63, 3.8) is 0 Å². The highest BCUT2D eigenvalue weighted by Gasteiger charge is 2.49. The summed E-state index contributed by atoms with van der Waals surface area (Å²) in [6, 6.07) is 26.9. The summed E-state index contributed by atoms with van der Waals surface area (Å²) in [6.07, 6.45) is 5.11. The Morgan fingerprint density at radius 2 is 1.32 bits per heavy atom. The van der Waals surface area contributed by atoms with Gasteiger partial charge in [-0.1, -0.05) is 86.6 Å². The molecule has 0 saturated heterocycles. The first-order valence-corrected chi connectivity index (χ1v) is 16.8. The first-order valence-electron chi connectivity index (χ1n) is 11.0. The van der Waals surface area contributed by atoms with Crippen LogP contribution in [0.25, 0.3) is 0 Å². The van der Waals surface area contributed by atoms with E-state index in [9.17, 15) is 13.2 Å². The molecule has 0 aromatic heterocycles. The average molecular weight is 530 g/mol. The van der Waals surface area contributed by atoms with E-state index in [-0.39, 0.29) is 9.93 Å². The largest absolute Gasteiger partial charge is 0.424 e. The highest BCUT2D eigenvalue weighted by molar-refractivity contribution is 8.38. The van der Waals surface area contributed by atoms with Gasteiger partial charge in [0.1, 0.15) is 4.38 Å². The molecule has 0 aliphatic carbocycles. The Kier molecular flexibility index (Phi) is 8.86. The van der Waals surface area contributed by atoms with E-state index in [4.69, 9.17) is 0 Å². The van der Waals surface area contributed by atoms with E-state index in [0.29, 0.717) is 4.38 Å². The van der Waals surface area contributed by atoms with Gasteiger partial charge >= 0.3 is 0 Å². The molecule has 0 saturated carbocycles. The Balaban J connectivity index is 1.85. The summed E-state index contributed by atoms with van der Waals surface area (Å²) in [5.74, 6) is 0. The van der Waals surface area contributed by atoms with E-state index in [1.54, 1.807) is 12.1 Å². The van der Waals surface area contributed by atoms with E-state index in [0.717, 1.165) is 28.8 Å². The van der Waals surface area contributed by atoms with Crippen LogP contribution in [0.3, 0.4) is 0 Å². The van der Waals surface area contributed by atoms with Crippen molar-refractivity contribution in [2.45, 2.75) is 36.6 Å². The highest BCUT2D eigenvalue weighted by Crippen LogP contribution is 2.39. The van der Waals surface area contributed by atoms with Crippen LogP contribution in [0, 0.1) is 0 Å². The Labute approximate surface area is 213 Å². The van der Waals surface area contributed by atoms with Crippen LogP contribution in [0.4, 0.5) is 0 Å². The normalized spacial score (nSPS) is 12.4. The minimum absolute atomic E-state index is 0.190. The number of aryl methyl sites for hydroxylation is 1. The molecule has 3 aromatic carbocycles. The smallest absolute Gasteiger partial charge is 0.283 e. The maximum atomic E-state index is 12.6. The van der Waals surface area contributed by atoms with Crippen molar-refractivity contribution in [2.75, 3.05) is 12.5 Å². The third-order valence-corrected chi connectivity index (χ3v) is 14.1. The summed E-state index contributed by atoms with van der Waals surface area (Å²) in [6.45, 7) is 4.28. The molecule has 180 valence electrons. The van der Waals surface area contributed by atoms with E-state index < -0.39 is 18.3 Å². The minimum atomic E-state index is -3.73. The van der Waals surface area contributed by atoms with Crippen LogP contribution in [-0.4, -0.2) is 38.4 Å². The number of benzene rings is 3. The molecule has 0 aliphatic rings. The lowest BCUT2D eigenvalue weighted by Gasteiger charge is -2.41. The topological polar surface area (TPSA) is 66.7 Å². The van der Waals surface area contributed by atoms with Gasteiger partial charge in [0.05, 0.1) is 4.90 Å². The molecule has 8 heteroatoms. The fraction of sp³-hybridized carbons (Fsp3) is 0.269. The molecule has 0 bridgehead atoms. The van der Waals surface area contributed by atoms with Gasteiger partial charge in [0.2, 0.25) is 0 Å². The first-order chi connectivity index (χ1) is 16.1. The zero-order valence-electron chi connectivity index (χ0n) is 19.9. The molecule has 3 aromatic rings. The molecule has 0 fully saturated rings. The lowest BCUT2D eigenvalue weighted by atomic mass is 10.0. The van der Waals surface area contributed by atoms with Crippen molar-refractivity contribution in [3.8, 4) is 0 Å². The Morgan fingerprint density at radius 1 is 0.853 bits per heavy atom. The first kappa shape index (κ1) is 26.8. The van der Waals surface area contributed by atoms with Gasteiger partial charge in [-0.25, -0.2) is 0 Å². The molecular formula is C26H31NO3S3Si. The third kappa shape index (κ3) is 5.86. The van der Waals surface area contributed by atoms with Gasteiger partial charge in [-0.15, -0.1) is 27.9 Å². The van der Waals surface area contributed by atoms with Crippen LogP contribution in [0.15, 0.2) is 94.2 Å². The quantitative estimate of drug-likeness (QED) is 0.255. The van der Waals surface area contributed by atoms with E-state index in [2.05, 4.69) is 18.2 Å². The molecular weight excluding hydrogens is 499 g/mol. The fourth-order valence-electron chi connectivity index (χ4n) is 4.08. The van der Waals surface area contributed by atoms with Gasteiger partial charge < -0.3 is 4.80 Å². The number of sulfonamides is 1. The van der Waals surface area contributed by atoms with Crippen molar-refractivity contribution < 1.29 is 13.2 Å². The summed E-state index contributed by atoms with van der Waals surface area (Å²) < 4.78 is 29.6. The van der Waals surface area contributed by atoms with Gasteiger partial charge in [0, 0.05) is 0 Å². The standard InChI is InChI=1S/C26H31NO3S3Si/c1-26(2,34(30,23-11-7-5-8-12-23)24-13-9-6-10-14-24)20-19-21-15-17-22(18-16-21)33(28,29)27-25(31-3)32-4/h5-18,30H,19-20H2,1-4H3. The predicted molar refractivity (Wildman–Crippen MR) is 151 cm³/mol. The van der Waals surface area contributed by atoms with Crippen molar-refractivity contribution in [1.82, 2.24) is 0 Å². The molecule has 0 aliphatic heterocycles. The predicted octanol–water partition coefficient (Wildman–Crippen LogP) is 4.92. The van der Waals surface area contributed by atoms with Crippen LogP contribution in [0.5, 0.6) is 0 Å². The SMILES string of the molecule is CSC(=NS(=O)(=O)c1ccc(CCC(C)(C)[Si](O)(c2ccccc2)c2ccccc2)cc1)SC. The molecule has 34 heavy (non-hydrogen) atoms. The maximum Gasteiger partial charge on any atom is 0.283 e. The molecule has 0 atom stereocenters. The van der Waals surface area contributed by atoms with Crippen molar-refractivity contribution in [2.24, 2.45) is 4.40 Å². The van der Waals surface area contributed by atoms with Crippen molar-refractivity contribution in [1.29, 1.82) is 0 Å². The summed E-state index contributed by atoms with van der Waals surface area (Å²) in [5.41, 5.74) is 1.03. The second-order valence-corrected chi connectivity index (χ2v) is 16.1. The summed E-state index contributed by atoms with van der Waals surface area (Å²) in [4.78, 5) is 12.5. The van der Waals surface area contributed by atoms with Gasteiger partial charge in [-0.3, -0.25) is 0 Å². The monoisotopic (exact) mass is 529 g/mol. The molecule has 3 rings (SSSR count). The molecule has 0 heterocycles. The van der Waals surface area contributed by atoms with Crippen LogP contribution in [-0.2, 0) is 16.4 Å². The van der Waals surface area contributed by atoms with Crippen LogP contribution in [0.1, 0.15) is 25.8 Å². The van der Waals surface area contributed by atoms with Crippen LogP contribution in [0.2, 0.25) is 5.04 Å². The number of hydrogen-bond donors (Lipinski definition) is 1. The summed E-state index contributed by atoms with van der Waals surface area (Å²) in [5, 5.41) is 1.61. The zero-order chi connectivity index (χ0) is 24.8. The Morgan fingerprint density at radius 3 is 1.76 bits per heavy atom. The van der Waals surface area contributed by atoms with Crippen LogP contribution >= 0.6 is 23.5 Å². The Hall–Kier alpha value is -1.84. The molecule has 4 nitrogen and oxygen atoms in total. The van der Waals surface area contributed by atoms with Crippen molar-refractivity contribution >= 4 is 56.6 Å². The average Bonchev–Trinajstić information content (AvgIpc) is 2.86. The van der Waals surface area contributed by atoms with E-state index in [1.165, 1.54) is 23.5 Å². The lowest BCUT2D eigenvalue weighted by Crippen LogP contribution is -2.65. The third-order valence-electron chi connectivity index (χ3n) is 6.17. The van der Waals surface area contributed by atoms with E-state index >= 15 is 0 Å². The molecule has 0 amide bonds. The molecule has 0 spiro atoms. The molecule has 1 N–H and O–H groups in total. The second kappa shape index (κ2) is 11.3. The number of hydrogen-bond acceptors (Lipinski definition) is 5. The number of rotatable bonds is 8. The lowest BCUT2D eigenvalue weighted by molar-refractivity contribution is 0.466. The second-order valence-electron chi connectivity index (χ2n) is 8.71. The maximum absolute atomic E-state index is 12.6. The zero-order valence-corrected chi connectivity index (χ0v) is 23.4.